The summed E-state index contributed by atoms with van der Waals surface area (Å²) < 4.78 is 24.1. The maximum absolute atomic E-state index is 12.0. The van der Waals surface area contributed by atoms with Gasteiger partial charge in [0.1, 0.15) is 0 Å². The molecule has 0 unspecified atom stereocenters. The average molecular weight is 228 g/mol. The quantitative estimate of drug-likeness (QED) is 0.794. The third-order valence-electron chi connectivity index (χ3n) is 2.23. The number of nitrogens with zero attached hydrogens (tertiary/aromatic N) is 1. The first-order valence-corrected chi connectivity index (χ1v) is 4.86. The Labute approximate surface area is 92.8 Å². The van der Waals surface area contributed by atoms with E-state index in [1.165, 1.54) is 7.05 Å². The number of alkyl halides is 2. The molecule has 0 saturated heterocycles. The second-order valence-electron chi connectivity index (χ2n) is 3.54. The van der Waals surface area contributed by atoms with E-state index >= 15 is 0 Å². The summed E-state index contributed by atoms with van der Waals surface area (Å²) in [4.78, 5) is 12.5. The number of nitrogen functional groups attached to an aromatic ring is 1. The van der Waals surface area contributed by atoms with Crippen molar-refractivity contribution < 1.29 is 13.6 Å². The molecule has 0 fully saturated rings. The summed E-state index contributed by atoms with van der Waals surface area (Å²) in [6.45, 7) is -0.550. The van der Waals surface area contributed by atoms with E-state index in [4.69, 9.17) is 5.73 Å². The Hall–Kier alpha value is -1.65. The largest absolute Gasteiger partial charge is 0.398 e. The topological polar surface area (TPSA) is 46.3 Å². The number of likely N-dealkylation sites (N-methyl/N-ethyl adjacent to an activating group) is 1. The van der Waals surface area contributed by atoms with Crippen LogP contribution in [0, 0.1) is 0 Å². The molecule has 0 aliphatic carbocycles. The van der Waals surface area contributed by atoms with E-state index in [9.17, 15) is 13.6 Å². The Bertz CT molecular complexity index is 369. The number of anilines is 1. The zero-order valence-electron chi connectivity index (χ0n) is 8.99. The fraction of sp³-hybridized carbons (Fsp3) is 0.364. The van der Waals surface area contributed by atoms with Crippen molar-refractivity contribution in [3.8, 4) is 0 Å². The summed E-state index contributed by atoms with van der Waals surface area (Å²) >= 11 is 0. The lowest BCUT2D eigenvalue weighted by Gasteiger charge is -2.16. The maximum atomic E-state index is 12.0. The molecule has 0 aliphatic heterocycles. The van der Waals surface area contributed by atoms with E-state index in [2.05, 4.69) is 0 Å². The number of para-hydroxylation sites is 1. The normalized spacial score (nSPS) is 10.5. The Morgan fingerprint density at radius 3 is 2.62 bits per heavy atom. The number of hydrogen-bond donors (Lipinski definition) is 1. The Morgan fingerprint density at radius 1 is 1.44 bits per heavy atom. The van der Waals surface area contributed by atoms with E-state index in [-0.39, 0.29) is 12.3 Å². The van der Waals surface area contributed by atoms with Gasteiger partial charge in [-0.2, -0.15) is 0 Å². The van der Waals surface area contributed by atoms with Crippen LogP contribution in [0.15, 0.2) is 24.3 Å². The number of carbonyl (C=O) groups excluding carboxylic acids is 1. The van der Waals surface area contributed by atoms with Gasteiger partial charge in [0.25, 0.3) is 6.43 Å². The molecule has 0 spiro atoms. The first-order chi connectivity index (χ1) is 7.50. The van der Waals surface area contributed by atoms with Crippen LogP contribution in [-0.4, -0.2) is 30.8 Å². The Balaban J connectivity index is 2.61. The number of halogens is 2. The van der Waals surface area contributed by atoms with Crippen molar-refractivity contribution in [1.82, 2.24) is 4.90 Å². The standard InChI is InChI=1S/C11H14F2N2O/c1-15(7-10(12)13)11(16)6-8-4-2-3-5-9(8)14/h2-5,10H,6-7,14H2,1H3. The van der Waals surface area contributed by atoms with E-state index < -0.39 is 13.0 Å². The van der Waals surface area contributed by atoms with Crippen LogP contribution in [0.4, 0.5) is 14.5 Å². The fourth-order valence-corrected chi connectivity index (χ4v) is 1.30. The van der Waals surface area contributed by atoms with Gasteiger partial charge in [0.2, 0.25) is 5.91 Å². The third kappa shape index (κ3) is 3.49. The number of carbonyl (C=O) groups is 1. The molecule has 1 aromatic carbocycles. The molecule has 16 heavy (non-hydrogen) atoms. The molecule has 3 nitrogen and oxygen atoms in total. The van der Waals surface area contributed by atoms with Crippen molar-refractivity contribution in [2.45, 2.75) is 12.8 Å². The predicted molar refractivity (Wildman–Crippen MR) is 58.2 cm³/mol. The number of rotatable bonds is 4. The fourth-order valence-electron chi connectivity index (χ4n) is 1.30. The molecular weight excluding hydrogens is 214 g/mol. The van der Waals surface area contributed by atoms with Gasteiger partial charge in [0.15, 0.2) is 0 Å². The number of benzene rings is 1. The minimum atomic E-state index is -2.51. The first kappa shape index (κ1) is 12.4. The van der Waals surface area contributed by atoms with Crippen LogP contribution in [0.1, 0.15) is 5.56 Å². The molecule has 1 aromatic rings. The summed E-state index contributed by atoms with van der Waals surface area (Å²) in [5, 5.41) is 0. The zero-order valence-corrected chi connectivity index (χ0v) is 8.99. The lowest BCUT2D eigenvalue weighted by molar-refractivity contribution is -0.130. The van der Waals surface area contributed by atoms with Gasteiger partial charge in [-0.05, 0) is 11.6 Å². The van der Waals surface area contributed by atoms with Gasteiger partial charge in [-0.3, -0.25) is 4.79 Å². The van der Waals surface area contributed by atoms with Crippen LogP contribution in [0.3, 0.4) is 0 Å². The van der Waals surface area contributed by atoms with Gasteiger partial charge in [0.05, 0.1) is 13.0 Å². The van der Waals surface area contributed by atoms with Gasteiger partial charge in [-0.1, -0.05) is 18.2 Å². The van der Waals surface area contributed by atoms with E-state index in [0.717, 1.165) is 4.90 Å². The molecular formula is C11H14F2N2O. The van der Waals surface area contributed by atoms with Gasteiger partial charge in [-0.25, -0.2) is 8.78 Å². The van der Waals surface area contributed by atoms with Crippen LogP contribution in [-0.2, 0) is 11.2 Å². The smallest absolute Gasteiger partial charge is 0.255 e. The molecule has 0 heterocycles. The molecule has 0 aromatic heterocycles. The van der Waals surface area contributed by atoms with Gasteiger partial charge in [0, 0.05) is 12.7 Å². The van der Waals surface area contributed by atoms with E-state index in [1.807, 2.05) is 0 Å². The summed E-state index contributed by atoms with van der Waals surface area (Å²) in [5.74, 6) is -0.363. The van der Waals surface area contributed by atoms with Crippen molar-refractivity contribution in [3.05, 3.63) is 29.8 Å². The Morgan fingerprint density at radius 2 is 2.06 bits per heavy atom. The molecule has 2 N–H and O–H groups in total. The predicted octanol–water partition coefficient (Wildman–Crippen LogP) is 1.53. The van der Waals surface area contributed by atoms with Crippen LogP contribution < -0.4 is 5.73 Å². The van der Waals surface area contributed by atoms with Crippen LogP contribution in [0.2, 0.25) is 0 Å². The second kappa shape index (κ2) is 5.44. The zero-order chi connectivity index (χ0) is 12.1. The average Bonchev–Trinajstić information content (AvgIpc) is 2.20. The molecule has 1 rings (SSSR count). The molecule has 0 aliphatic rings. The van der Waals surface area contributed by atoms with Gasteiger partial charge >= 0.3 is 0 Å². The maximum Gasteiger partial charge on any atom is 0.255 e. The molecule has 0 radical (unpaired) electrons. The van der Waals surface area contributed by atoms with Crippen LogP contribution >= 0.6 is 0 Å². The number of hydrogen-bond acceptors (Lipinski definition) is 2. The van der Waals surface area contributed by atoms with Crippen LogP contribution in [0.25, 0.3) is 0 Å². The summed E-state index contributed by atoms with van der Waals surface area (Å²) in [5.41, 5.74) is 6.81. The van der Waals surface area contributed by atoms with Gasteiger partial charge < -0.3 is 10.6 Å². The Kier molecular flexibility index (Phi) is 4.22. The molecule has 5 heteroatoms. The van der Waals surface area contributed by atoms with E-state index in [0.29, 0.717) is 11.3 Å². The summed E-state index contributed by atoms with van der Waals surface area (Å²) in [6.07, 6.45) is -2.46. The molecule has 1 amide bonds. The molecule has 88 valence electrons. The molecule has 0 saturated carbocycles. The van der Waals surface area contributed by atoms with Crippen molar-refractivity contribution >= 4 is 11.6 Å². The van der Waals surface area contributed by atoms with Crippen LogP contribution in [0.5, 0.6) is 0 Å². The minimum absolute atomic E-state index is 0.0515. The molecule has 0 bridgehead atoms. The second-order valence-corrected chi connectivity index (χ2v) is 3.54. The lowest BCUT2D eigenvalue weighted by Crippen LogP contribution is -2.32. The van der Waals surface area contributed by atoms with Crippen molar-refractivity contribution in [1.29, 1.82) is 0 Å². The lowest BCUT2D eigenvalue weighted by atomic mass is 10.1. The monoisotopic (exact) mass is 228 g/mol. The van der Waals surface area contributed by atoms with Crippen molar-refractivity contribution in [3.63, 3.8) is 0 Å². The summed E-state index contributed by atoms with van der Waals surface area (Å²) in [6, 6.07) is 6.90. The highest BCUT2D eigenvalue weighted by Crippen LogP contribution is 2.12. The van der Waals surface area contributed by atoms with Crippen molar-refractivity contribution in [2.75, 3.05) is 19.3 Å². The highest BCUT2D eigenvalue weighted by atomic mass is 19.3. The van der Waals surface area contributed by atoms with Gasteiger partial charge in [-0.15, -0.1) is 0 Å². The molecule has 0 atom stereocenters. The number of nitrogens with two attached hydrogens (primary N) is 1. The highest BCUT2D eigenvalue weighted by Gasteiger charge is 2.14. The highest BCUT2D eigenvalue weighted by molar-refractivity contribution is 5.80. The number of amides is 1. The van der Waals surface area contributed by atoms with Crippen molar-refractivity contribution in [2.24, 2.45) is 0 Å². The third-order valence-corrected chi connectivity index (χ3v) is 2.23. The van der Waals surface area contributed by atoms with E-state index in [1.54, 1.807) is 24.3 Å². The SMILES string of the molecule is CN(CC(F)F)C(=O)Cc1ccccc1N. The summed E-state index contributed by atoms with van der Waals surface area (Å²) in [7, 11) is 1.35. The first-order valence-electron chi connectivity index (χ1n) is 4.86. The minimum Gasteiger partial charge on any atom is -0.398 e.